The highest BCUT2D eigenvalue weighted by Gasteiger charge is 2.51. The number of halogens is 3. The second-order valence-electron chi connectivity index (χ2n) is 10.3. The third-order valence-electron chi connectivity index (χ3n) is 6.76. The molecular weight excluding hydrogens is 521 g/mol. The van der Waals surface area contributed by atoms with Crippen molar-refractivity contribution in [2.24, 2.45) is 0 Å². The van der Waals surface area contributed by atoms with Crippen molar-refractivity contribution in [2.75, 3.05) is 11.9 Å². The molecule has 0 aliphatic rings. The van der Waals surface area contributed by atoms with Crippen LogP contribution in [0.2, 0.25) is 0 Å². The fourth-order valence-corrected chi connectivity index (χ4v) is 4.36. The number of carbonyl (C=O) groups excluding carboxylic acids is 3. The number of alkyl halides is 3. The summed E-state index contributed by atoms with van der Waals surface area (Å²) in [4.78, 5) is 37.4. The Labute approximate surface area is 237 Å². The number of hydrogen-bond donors (Lipinski definition) is 1. The number of amides is 1. The lowest BCUT2D eigenvalue weighted by Gasteiger charge is -2.09. The molecule has 0 spiro atoms. The maximum Gasteiger partial charge on any atom is 0.458 e. The molecule has 1 aromatic carbocycles. The molecule has 1 amide bonds. The number of anilines is 1. The Morgan fingerprint density at radius 1 is 0.825 bits per heavy atom. The van der Waals surface area contributed by atoms with E-state index in [9.17, 15) is 27.6 Å². The predicted octanol–water partition coefficient (Wildman–Crippen LogP) is 8.39. The highest BCUT2D eigenvalue weighted by Crippen LogP contribution is 2.20. The SMILES string of the molecule is [C-]#[N+]C(C(=O)OCCc1ccc(NC(=O)CCCCCCCCCCCCCCCCC)cc1)C(=O)C(F)(F)F. The minimum Gasteiger partial charge on any atom is -0.459 e. The number of Topliss-reactive ketones (excluding diaryl/α,β-unsaturated/α-hetero) is 1. The molecule has 0 radical (unpaired) electrons. The number of nitrogens with zero attached hydrogens (tertiary/aromatic N) is 1. The van der Waals surface area contributed by atoms with Crippen LogP contribution in [-0.2, 0) is 25.5 Å². The third-order valence-corrected chi connectivity index (χ3v) is 6.76. The lowest BCUT2D eigenvalue weighted by Crippen LogP contribution is -2.38. The minimum absolute atomic E-state index is 0.0594. The van der Waals surface area contributed by atoms with Crippen LogP contribution >= 0.6 is 0 Å². The van der Waals surface area contributed by atoms with Gasteiger partial charge in [-0.15, -0.1) is 0 Å². The van der Waals surface area contributed by atoms with Crippen LogP contribution in [0.4, 0.5) is 18.9 Å². The van der Waals surface area contributed by atoms with E-state index in [-0.39, 0.29) is 18.9 Å². The largest absolute Gasteiger partial charge is 0.459 e. The van der Waals surface area contributed by atoms with Gasteiger partial charge in [0.1, 0.15) is 0 Å². The molecule has 9 heteroatoms. The third kappa shape index (κ3) is 16.3. The first kappa shape index (κ1) is 35.1. The van der Waals surface area contributed by atoms with Crippen molar-refractivity contribution in [3.63, 3.8) is 0 Å². The topological polar surface area (TPSA) is 76.8 Å². The van der Waals surface area contributed by atoms with Gasteiger partial charge in [0.05, 0.1) is 6.61 Å². The summed E-state index contributed by atoms with van der Waals surface area (Å²) in [6, 6.07) is 4.24. The van der Waals surface area contributed by atoms with Crippen molar-refractivity contribution in [1.82, 2.24) is 0 Å². The monoisotopic (exact) mass is 566 g/mol. The van der Waals surface area contributed by atoms with Crippen molar-refractivity contribution < 1.29 is 32.3 Å². The smallest absolute Gasteiger partial charge is 0.458 e. The number of rotatable bonds is 22. The van der Waals surface area contributed by atoms with Crippen LogP contribution in [0.15, 0.2) is 24.3 Å². The number of unbranched alkanes of at least 4 members (excludes halogenated alkanes) is 14. The Kier molecular flexibility index (Phi) is 18.4. The molecule has 0 fully saturated rings. The molecule has 1 aromatic rings. The Bertz CT molecular complexity index is 911. The first-order valence-electron chi connectivity index (χ1n) is 14.7. The number of hydrogen-bond acceptors (Lipinski definition) is 4. The number of esters is 1. The number of nitrogens with one attached hydrogen (secondary N) is 1. The van der Waals surface area contributed by atoms with Gasteiger partial charge in [-0.25, -0.2) is 11.4 Å². The van der Waals surface area contributed by atoms with Crippen LogP contribution in [0.3, 0.4) is 0 Å². The Morgan fingerprint density at radius 2 is 1.30 bits per heavy atom. The molecule has 1 N–H and O–H groups in total. The van der Waals surface area contributed by atoms with Crippen LogP contribution in [0.25, 0.3) is 4.85 Å². The molecule has 6 nitrogen and oxygen atoms in total. The van der Waals surface area contributed by atoms with Crippen LogP contribution in [-0.4, -0.2) is 36.5 Å². The van der Waals surface area contributed by atoms with E-state index in [0.29, 0.717) is 12.1 Å². The van der Waals surface area contributed by atoms with Gasteiger partial charge in [0, 0.05) is 18.5 Å². The normalized spacial score (nSPS) is 12.0. The molecular formula is C31H45F3N2O4. The summed E-state index contributed by atoms with van der Waals surface area (Å²) in [6.45, 7) is 8.65. The van der Waals surface area contributed by atoms with Crippen molar-refractivity contribution in [2.45, 2.75) is 128 Å². The summed E-state index contributed by atoms with van der Waals surface area (Å²) in [5.41, 5.74) is 1.34. The Morgan fingerprint density at radius 3 is 1.75 bits per heavy atom. The molecule has 0 bridgehead atoms. The molecule has 0 aromatic heterocycles. The lowest BCUT2D eigenvalue weighted by molar-refractivity contribution is -0.175. The quantitative estimate of drug-likeness (QED) is 0.0662. The maximum absolute atomic E-state index is 12.4. The summed E-state index contributed by atoms with van der Waals surface area (Å²) in [6.07, 6.45) is 14.4. The number of ketones is 1. The van der Waals surface area contributed by atoms with Crippen molar-refractivity contribution in [1.29, 1.82) is 0 Å². The lowest BCUT2D eigenvalue weighted by atomic mass is 10.0. The van der Waals surface area contributed by atoms with E-state index in [0.717, 1.165) is 24.8 Å². The Balaban J connectivity index is 2.10. The summed E-state index contributed by atoms with van der Waals surface area (Å²) >= 11 is 0. The van der Waals surface area contributed by atoms with Gasteiger partial charge in [-0.05, 0) is 24.1 Å². The van der Waals surface area contributed by atoms with Gasteiger partial charge in [-0.2, -0.15) is 13.2 Å². The van der Waals surface area contributed by atoms with Crippen LogP contribution in [0.5, 0.6) is 0 Å². The van der Waals surface area contributed by atoms with Crippen molar-refractivity contribution in [3.05, 3.63) is 41.2 Å². The molecule has 1 atom stereocenters. The zero-order valence-corrected chi connectivity index (χ0v) is 23.8. The first-order chi connectivity index (χ1) is 19.2. The van der Waals surface area contributed by atoms with Gasteiger partial charge < -0.3 is 10.1 Å². The summed E-state index contributed by atoms with van der Waals surface area (Å²) in [5, 5.41) is 2.84. The fourth-order valence-electron chi connectivity index (χ4n) is 4.36. The van der Waals surface area contributed by atoms with Gasteiger partial charge >= 0.3 is 24.0 Å². The Hall–Kier alpha value is -2.89. The molecule has 1 rings (SSSR count). The van der Waals surface area contributed by atoms with E-state index >= 15 is 0 Å². The zero-order chi connectivity index (χ0) is 29.6. The molecule has 0 heterocycles. The molecule has 0 saturated carbocycles. The molecule has 40 heavy (non-hydrogen) atoms. The standard InChI is InChI=1S/C31H45F3N2O4/c1-3-4-5-6-7-8-9-10-11-12-13-14-15-16-17-18-27(37)36-26-21-19-25(20-22-26)23-24-40-30(39)28(35-2)29(38)31(32,33)34/h19-22,28H,3-18,23-24H2,1H3,(H,36,37). The van der Waals surface area contributed by atoms with Gasteiger partial charge in [-0.1, -0.05) is 109 Å². The van der Waals surface area contributed by atoms with Crippen LogP contribution < -0.4 is 5.32 Å². The van der Waals surface area contributed by atoms with Gasteiger partial charge in [0.25, 0.3) is 0 Å². The van der Waals surface area contributed by atoms with E-state index in [1.54, 1.807) is 24.3 Å². The minimum atomic E-state index is -5.28. The average Bonchev–Trinajstić information content (AvgIpc) is 2.91. The first-order valence-corrected chi connectivity index (χ1v) is 14.7. The maximum atomic E-state index is 12.4. The van der Waals surface area contributed by atoms with E-state index < -0.39 is 24.0 Å². The van der Waals surface area contributed by atoms with Gasteiger partial charge in [0.15, 0.2) is 0 Å². The van der Waals surface area contributed by atoms with Crippen molar-refractivity contribution >= 4 is 23.3 Å². The van der Waals surface area contributed by atoms with Crippen LogP contribution in [0, 0.1) is 6.57 Å². The van der Waals surface area contributed by atoms with Crippen LogP contribution in [0.1, 0.15) is 115 Å². The number of benzene rings is 1. The van der Waals surface area contributed by atoms with E-state index in [1.807, 2.05) is 0 Å². The van der Waals surface area contributed by atoms with E-state index in [2.05, 4.69) is 21.8 Å². The number of ether oxygens (including phenoxy) is 1. The highest BCUT2D eigenvalue weighted by molar-refractivity contribution is 6.07. The summed E-state index contributed by atoms with van der Waals surface area (Å²) in [5.74, 6) is -4.01. The second-order valence-corrected chi connectivity index (χ2v) is 10.3. The molecule has 0 aliphatic heterocycles. The summed E-state index contributed by atoms with van der Waals surface area (Å²) < 4.78 is 42.0. The van der Waals surface area contributed by atoms with Gasteiger partial charge in [-0.3, -0.25) is 14.4 Å². The predicted molar refractivity (Wildman–Crippen MR) is 151 cm³/mol. The fraction of sp³-hybridized carbons (Fsp3) is 0.677. The second kappa shape index (κ2) is 20.9. The van der Waals surface area contributed by atoms with Gasteiger partial charge in [0.2, 0.25) is 5.91 Å². The number of carbonyl (C=O) groups is 3. The van der Waals surface area contributed by atoms with Crippen molar-refractivity contribution in [3.8, 4) is 0 Å². The highest BCUT2D eigenvalue weighted by atomic mass is 19.4. The van der Waals surface area contributed by atoms with E-state index in [1.165, 1.54) is 77.0 Å². The van der Waals surface area contributed by atoms with E-state index in [4.69, 9.17) is 6.57 Å². The average molecular weight is 567 g/mol. The molecule has 1 unspecified atom stereocenters. The zero-order valence-electron chi connectivity index (χ0n) is 23.8. The summed E-state index contributed by atoms with van der Waals surface area (Å²) in [7, 11) is 0. The molecule has 224 valence electrons. The molecule has 0 saturated heterocycles. The molecule has 0 aliphatic carbocycles.